The van der Waals surface area contributed by atoms with Gasteiger partial charge >= 0.3 is 0 Å². The topological polar surface area (TPSA) is 29.5 Å². The second kappa shape index (κ2) is 7.84. The molecule has 2 aromatic carbocycles. The van der Waals surface area contributed by atoms with Gasteiger partial charge in [-0.15, -0.1) is 0 Å². The van der Waals surface area contributed by atoms with Crippen LogP contribution in [0, 0.1) is 0 Å². The van der Waals surface area contributed by atoms with Crippen molar-refractivity contribution in [1.29, 1.82) is 0 Å². The van der Waals surface area contributed by atoms with Gasteiger partial charge in [0.15, 0.2) is 0 Å². The highest BCUT2D eigenvalue weighted by Crippen LogP contribution is 2.33. The van der Waals surface area contributed by atoms with Gasteiger partial charge in [-0.1, -0.05) is 46.3 Å². The summed E-state index contributed by atoms with van der Waals surface area (Å²) < 4.78 is 6.44. The molecule has 3 nitrogen and oxygen atoms in total. The molecular weight excluding hydrogens is 366 g/mol. The third kappa shape index (κ3) is 3.81. The Kier molecular flexibility index (Phi) is 5.56. The molecule has 2 aromatic rings. The largest absolute Gasteiger partial charge is 0.496 e. The molecule has 0 spiro atoms. The number of carbonyl (C=O) groups is 1. The number of carbonyl (C=O) groups excluding carboxylic acids is 1. The number of amides is 1. The van der Waals surface area contributed by atoms with Crippen LogP contribution in [-0.4, -0.2) is 24.5 Å². The highest BCUT2D eigenvalue weighted by Gasteiger charge is 2.29. The van der Waals surface area contributed by atoms with Crippen LogP contribution in [0.25, 0.3) is 0 Å². The molecule has 0 radical (unpaired) electrons. The van der Waals surface area contributed by atoms with Crippen molar-refractivity contribution in [3.8, 4) is 5.75 Å². The summed E-state index contributed by atoms with van der Waals surface area (Å²) in [4.78, 5) is 14.8. The molecule has 1 aliphatic rings. The minimum absolute atomic E-state index is 0.202. The highest BCUT2D eigenvalue weighted by atomic mass is 79.9. The lowest BCUT2D eigenvalue weighted by Crippen LogP contribution is -2.30. The number of hydrogen-bond donors (Lipinski definition) is 0. The maximum Gasteiger partial charge on any atom is 0.223 e. The quantitative estimate of drug-likeness (QED) is 0.740. The second-order valence-electron chi connectivity index (χ2n) is 6.11. The number of likely N-dealkylation sites (tertiary alicyclic amines) is 1. The highest BCUT2D eigenvalue weighted by molar-refractivity contribution is 9.10. The molecule has 0 aliphatic carbocycles. The summed E-state index contributed by atoms with van der Waals surface area (Å²) in [6, 6.07) is 16.4. The normalized spacial score (nSPS) is 17.1. The molecule has 0 bridgehead atoms. The summed E-state index contributed by atoms with van der Waals surface area (Å²) in [7, 11) is 1.67. The van der Waals surface area contributed by atoms with Crippen molar-refractivity contribution in [2.24, 2.45) is 0 Å². The lowest BCUT2D eigenvalue weighted by molar-refractivity contribution is -0.132. The number of rotatable bonds is 5. The molecule has 3 rings (SSSR count). The van der Waals surface area contributed by atoms with Crippen LogP contribution in [0.1, 0.15) is 36.4 Å². The zero-order valence-corrected chi connectivity index (χ0v) is 15.5. The molecule has 0 unspecified atom stereocenters. The smallest absolute Gasteiger partial charge is 0.223 e. The van der Waals surface area contributed by atoms with E-state index in [4.69, 9.17) is 4.74 Å². The Morgan fingerprint density at radius 3 is 2.88 bits per heavy atom. The third-order valence-electron chi connectivity index (χ3n) is 4.61. The third-order valence-corrected chi connectivity index (χ3v) is 5.10. The Morgan fingerprint density at radius 2 is 2.08 bits per heavy atom. The van der Waals surface area contributed by atoms with E-state index in [0.29, 0.717) is 12.8 Å². The molecule has 1 fully saturated rings. The number of halogens is 1. The first-order valence-corrected chi connectivity index (χ1v) is 9.15. The molecule has 0 aromatic heterocycles. The van der Waals surface area contributed by atoms with E-state index in [2.05, 4.69) is 28.1 Å². The van der Waals surface area contributed by atoms with Crippen LogP contribution in [0.3, 0.4) is 0 Å². The van der Waals surface area contributed by atoms with Crippen molar-refractivity contribution in [2.75, 3.05) is 13.7 Å². The Bertz CT molecular complexity index is 716. The van der Waals surface area contributed by atoms with Crippen LogP contribution in [0.15, 0.2) is 53.0 Å². The second-order valence-corrected chi connectivity index (χ2v) is 7.03. The number of ether oxygens (including phenoxy) is 1. The fourth-order valence-electron chi connectivity index (χ4n) is 3.42. The van der Waals surface area contributed by atoms with Crippen molar-refractivity contribution < 1.29 is 9.53 Å². The number of benzene rings is 2. The van der Waals surface area contributed by atoms with E-state index in [-0.39, 0.29) is 11.9 Å². The molecule has 126 valence electrons. The van der Waals surface area contributed by atoms with Crippen LogP contribution >= 0.6 is 15.9 Å². The predicted octanol–water partition coefficient (Wildman–Crippen LogP) is 4.75. The molecule has 1 aliphatic heterocycles. The summed E-state index contributed by atoms with van der Waals surface area (Å²) in [5.74, 6) is 1.08. The molecule has 4 heteroatoms. The molecule has 1 saturated heterocycles. The molecule has 0 saturated carbocycles. The number of para-hydroxylation sites is 1. The van der Waals surface area contributed by atoms with Crippen molar-refractivity contribution in [2.45, 2.75) is 31.7 Å². The zero-order valence-electron chi connectivity index (χ0n) is 13.9. The molecule has 1 heterocycles. The minimum Gasteiger partial charge on any atom is -0.496 e. The lowest BCUT2D eigenvalue weighted by Gasteiger charge is -2.25. The monoisotopic (exact) mass is 387 g/mol. The fourth-order valence-corrected chi connectivity index (χ4v) is 3.84. The van der Waals surface area contributed by atoms with E-state index in [0.717, 1.165) is 35.2 Å². The Balaban J connectivity index is 1.68. The first-order valence-electron chi connectivity index (χ1n) is 8.36. The van der Waals surface area contributed by atoms with Gasteiger partial charge in [-0.05, 0) is 48.6 Å². The van der Waals surface area contributed by atoms with Crippen molar-refractivity contribution in [3.05, 3.63) is 64.1 Å². The van der Waals surface area contributed by atoms with E-state index in [1.807, 2.05) is 41.3 Å². The maximum absolute atomic E-state index is 12.8. The molecular formula is C20H22BrNO2. The van der Waals surface area contributed by atoms with Gasteiger partial charge in [0.05, 0.1) is 13.2 Å². The maximum atomic E-state index is 12.8. The van der Waals surface area contributed by atoms with Gasteiger partial charge in [-0.2, -0.15) is 0 Å². The molecule has 1 atom stereocenters. The SMILES string of the molecule is COc1ccccc1CCC(=O)N1CCC[C@@H]1c1cccc(Br)c1. The summed E-state index contributed by atoms with van der Waals surface area (Å²) >= 11 is 3.53. The number of aryl methyl sites for hydroxylation is 1. The van der Waals surface area contributed by atoms with Gasteiger partial charge in [0, 0.05) is 17.4 Å². The molecule has 0 N–H and O–H groups in total. The molecule has 1 amide bonds. The van der Waals surface area contributed by atoms with Crippen LogP contribution in [0.2, 0.25) is 0 Å². The van der Waals surface area contributed by atoms with Crippen molar-refractivity contribution >= 4 is 21.8 Å². The summed E-state index contributed by atoms with van der Waals surface area (Å²) in [5.41, 5.74) is 2.30. The van der Waals surface area contributed by atoms with Gasteiger partial charge in [-0.25, -0.2) is 0 Å². The van der Waals surface area contributed by atoms with Gasteiger partial charge in [-0.3, -0.25) is 4.79 Å². The van der Waals surface area contributed by atoms with Crippen LogP contribution in [-0.2, 0) is 11.2 Å². The van der Waals surface area contributed by atoms with E-state index in [1.165, 1.54) is 5.56 Å². The standard InChI is InChI=1S/C20H22BrNO2/c1-24-19-10-3-2-6-15(19)11-12-20(23)22-13-5-9-18(22)16-7-4-8-17(21)14-16/h2-4,6-8,10,14,18H,5,9,11-13H2,1H3/t18-/m1/s1. The Labute approximate surface area is 151 Å². The summed E-state index contributed by atoms with van der Waals surface area (Å²) in [6.45, 7) is 0.849. The Morgan fingerprint density at radius 1 is 1.25 bits per heavy atom. The van der Waals surface area contributed by atoms with E-state index < -0.39 is 0 Å². The van der Waals surface area contributed by atoms with Crippen LogP contribution in [0.5, 0.6) is 5.75 Å². The van der Waals surface area contributed by atoms with E-state index >= 15 is 0 Å². The van der Waals surface area contributed by atoms with Crippen LogP contribution in [0.4, 0.5) is 0 Å². The minimum atomic E-state index is 0.202. The average molecular weight is 388 g/mol. The summed E-state index contributed by atoms with van der Waals surface area (Å²) in [6.07, 6.45) is 3.34. The van der Waals surface area contributed by atoms with Crippen LogP contribution < -0.4 is 4.74 Å². The number of methoxy groups -OCH3 is 1. The van der Waals surface area contributed by atoms with E-state index in [9.17, 15) is 4.79 Å². The fraction of sp³-hybridized carbons (Fsp3) is 0.350. The number of hydrogen-bond acceptors (Lipinski definition) is 2. The number of nitrogens with zero attached hydrogens (tertiary/aromatic N) is 1. The lowest BCUT2D eigenvalue weighted by atomic mass is 10.0. The van der Waals surface area contributed by atoms with Crippen molar-refractivity contribution in [1.82, 2.24) is 4.90 Å². The zero-order chi connectivity index (χ0) is 16.9. The molecule has 24 heavy (non-hydrogen) atoms. The van der Waals surface area contributed by atoms with E-state index in [1.54, 1.807) is 7.11 Å². The first-order chi connectivity index (χ1) is 11.7. The van der Waals surface area contributed by atoms with Gasteiger partial charge in [0.1, 0.15) is 5.75 Å². The first kappa shape index (κ1) is 17.0. The summed E-state index contributed by atoms with van der Waals surface area (Å²) in [5, 5.41) is 0. The Hall–Kier alpha value is -1.81. The predicted molar refractivity (Wildman–Crippen MR) is 99.1 cm³/mol. The van der Waals surface area contributed by atoms with Gasteiger partial charge < -0.3 is 9.64 Å². The van der Waals surface area contributed by atoms with Gasteiger partial charge in [0.2, 0.25) is 5.91 Å². The van der Waals surface area contributed by atoms with Gasteiger partial charge in [0.25, 0.3) is 0 Å². The average Bonchev–Trinajstić information content (AvgIpc) is 3.09. The van der Waals surface area contributed by atoms with Crippen molar-refractivity contribution in [3.63, 3.8) is 0 Å².